The molecule has 0 aliphatic carbocycles. The van der Waals surface area contributed by atoms with Crippen molar-refractivity contribution in [3.8, 4) is 10.8 Å². The normalized spacial score (nSPS) is 10.7. The Hall–Kier alpha value is -1.20. The van der Waals surface area contributed by atoms with Gasteiger partial charge in [-0.05, 0) is 18.6 Å². The summed E-state index contributed by atoms with van der Waals surface area (Å²) >= 11 is 1.67. The van der Waals surface area contributed by atoms with Gasteiger partial charge in [0.2, 0.25) is 5.89 Å². The smallest absolute Gasteiger partial charge is 0.257 e. The first-order valence-corrected chi connectivity index (χ1v) is 5.26. The molecule has 0 saturated heterocycles. The van der Waals surface area contributed by atoms with Crippen molar-refractivity contribution in [1.29, 1.82) is 0 Å². The first-order valence-electron chi connectivity index (χ1n) is 4.45. The fourth-order valence-electron chi connectivity index (χ4n) is 1.12. The first-order chi connectivity index (χ1) is 6.83. The molecule has 2 heterocycles. The average molecular weight is 209 g/mol. The van der Waals surface area contributed by atoms with Crippen LogP contribution < -0.4 is 5.73 Å². The van der Waals surface area contributed by atoms with Gasteiger partial charge in [0.15, 0.2) is 0 Å². The lowest BCUT2D eigenvalue weighted by Crippen LogP contribution is -1.95. The second kappa shape index (κ2) is 3.89. The summed E-state index contributed by atoms with van der Waals surface area (Å²) in [5.41, 5.74) is 5.38. The van der Waals surface area contributed by atoms with Crippen LogP contribution in [0, 0.1) is 0 Å². The number of nitrogens with zero attached hydrogens (tertiary/aromatic N) is 2. The zero-order valence-corrected chi connectivity index (χ0v) is 8.67. The van der Waals surface area contributed by atoms with E-state index in [1.807, 2.05) is 6.07 Å². The second-order valence-electron chi connectivity index (χ2n) is 2.82. The fourth-order valence-corrected chi connectivity index (χ4v) is 1.99. The number of thiophene rings is 1. The lowest BCUT2D eigenvalue weighted by atomic mass is 10.4. The third kappa shape index (κ3) is 1.69. The molecule has 0 unspecified atom stereocenters. The summed E-state index contributed by atoms with van der Waals surface area (Å²) in [5.74, 6) is 1.04. The Balaban J connectivity index is 2.29. The molecule has 0 radical (unpaired) electrons. The van der Waals surface area contributed by atoms with E-state index in [-0.39, 0.29) is 0 Å². The van der Waals surface area contributed by atoms with Crippen molar-refractivity contribution in [3.05, 3.63) is 22.9 Å². The Kier molecular flexibility index (Phi) is 2.60. The van der Waals surface area contributed by atoms with Gasteiger partial charge in [-0.1, -0.05) is 6.92 Å². The lowest BCUT2D eigenvalue weighted by Gasteiger charge is -1.86. The Morgan fingerprint density at radius 1 is 1.43 bits per heavy atom. The largest absolute Gasteiger partial charge is 0.419 e. The van der Waals surface area contributed by atoms with E-state index in [0.29, 0.717) is 18.3 Å². The summed E-state index contributed by atoms with van der Waals surface area (Å²) in [6.07, 6.45) is 1.03. The van der Waals surface area contributed by atoms with E-state index < -0.39 is 0 Å². The van der Waals surface area contributed by atoms with Crippen LogP contribution in [0.3, 0.4) is 0 Å². The van der Waals surface area contributed by atoms with E-state index >= 15 is 0 Å². The molecule has 0 atom stereocenters. The van der Waals surface area contributed by atoms with E-state index in [4.69, 9.17) is 10.2 Å². The number of rotatable bonds is 3. The summed E-state index contributed by atoms with van der Waals surface area (Å²) < 4.78 is 5.34. The van der Waals surface area contributed by atoms with E-state index in [2.05, 4.69) is 23.2 Å². The van der Waals surface area contributed by atoms with Gasteiger partial charge in [0.25, 0.3) is 5.89 Å². The minimum absolute atomic E-state index is 0.291. The van der Waals surface area contributed by atoms with Crippen LogP contribution in [0.15, 0.2) is 16.5 Å². The highest BCUT2D eigenvalue weighted by molar-refractivity contribution is 7.15. The van der Waals surface area contributed by atoms with Gasteiger partial charge in [0.1, 0.15) is 0 Å². The van der Waals surface area contributed by atoms with Crippen LogP contribution in [-0.2, 0) is 13.0 Å². The molecule has 0 fully saturated rings. The van der Waals surface area contributed by atoms with E-state index in [1.54, 1.807) is 11.3 Å². The van der Waals surface area contributed by atoms with Crippen LogP contribution in [0.5, 0.6) is 0 Å². The maximum Gasteiger partial charge on any atom is 0.257 e. The third-order valence-electron chi connectivity index (χ3n) is 1.86. The molecule has 2 N–H and O–H groups in total. The van der Waals surface area contributed by atoms with Gasteiger partial charge in [-0.15, -0.1) is 21.5 Å². The van der Waals surface area contributed by atoms with Crippen molar-refractivity contribution in [2.45, 2.75) is 19.9 Å². The topological polar surface area (TPSA) is 64.9 Å². The Morgan fingerprint density at radius 3 is 2.86 bits per heavy atom. The molecule has 0 saturated carbocycles. The van der Waals surface area contributed by atoms with Crippen molar-refractivity contribution >= 4 is 11.3 Å². The molecule has 4 nitrogen and oxygen atoms in total. The van der Waals surface area contributed by atoms with Crippen molar-refractivity contribution in [3.63, 3.8) is 0 Å². The maximum atomic E-state index is 5.38. The first kappa shape index (κ1) is 9.36. The third-order valence-corrected chi connectivity index (χ3v) is 3.08. The summed E-state index contributed by atoms with van der Waals surface area (Å²) in [5, 5.41) is 7.73. The van der Waals surface area contributed by atoms with Gasteiger partial charge in [-0.25, -0.2) is 0 Å². The van der Waals surface area contributed by atoms with Gasteiger partial charge in [0.05, 0.1) is 11.4 Å². The Morgan fingerprint density at radius 2 is 2.29 bits per heavy atom. The molecule has 14 heavy (non-hydrogen) atoms. The highest BCUT2D eigenvalue weighted by Crippen LogP contribution is 2.27. The van der Waals surface area contributed by atoms with Gasteiger partial charge >= 0.3 is 0 Å². The Labute approximate surface area is 85.8 Å². The lowest BCUT2D eigenvalue weighted by molar-refractivity contribution is 0.509. The number of hydrogen-bond donors (Lipinski definition) is 1. The molecule has 2 aromatic heterocycles. The molecular formula is C9H11N3OS. The number of hydrogen-bond acceptors (Lipinski definition) is 5. The Bertz CT molecular complexity index is 381. The average Bonchev–Trinajstić information content (AvgIpc) is 2.86. The van der Waals surface area contributed by atoms with Crippen molar-refractivity contribution in [1.82, 2.24) is 10.2 Å². The molecule has 0 amide bonds. The molecule has 5 heteroatoms. The summed E-state index contributed by atoms with van der Waals surface area (Å²) in [6.45, 7) is 2.41. The predicted molar refractivity (Wildman–Crippen MR) is 54.9 cm³/mol. The zero-order valence-electron chi connectivity index (χ0n) is 7.86. The predicted octanol–water partition coefficient (Wildman–Crippen LogP) is 1.82. The number of aromatic nitrogens is 2. The van der Waals surface area contributed by atoms with E-state index in [0.717, 1.165) is 11.3 Å². The van der Waals surface area contributed by atoms with E-state index in [9.17, 15) is 0 Å². The van der Waals surface area contributed by atoms with Gasteiger partial charge in [-0.3, -0.25) is 0 Å². The quantitative estimate of drug-likeness (QED) is 0.837. The minimum Gasteiger partial charge on any atom is -0.419 e. The van der Waals surface area contributed by atoms with Crippen LogP contribution in [0.1, 0.15) is 17.7 Å². The summed E-state index contributed by atoms with van der Waals surface area (Å²) in [7, 11) is 0. The van der Waals surface area contributed by atoms with Crippen LogP contribution in [-0.4, -0.2) is 10.2 Å². The van der Waals surface area contributed by atoms with Crippen molar-refractivity contribution < 1.29 is 4.42 Å². The monoisotopic (exact) mass is 209 g/mol. The number of aryl methyl sites for hydroxylation is 1. The van der Waals surface area contributed by atoms with Crippen LogP contribution >= 0.6 is 11.3 Å². The van der Waals surface area contributed by atoms with Crippen LogP contribution in [0.2, 0.25) is 0 Å². The van der Waals surface area contributed by atoms with Gasteiger partial charge in [-0.2, -0.15) is 0 Å². The molecule has 0 aliphatic heterocycles. The second-order valence-corrected chi connectivity index (χ2v) is 3.99. The maximum absolute atomic E-state index is 5.38. The molecule has 2 aromatic rings. The van der Waals surface area contributed by atoms with Crippen LogP contribution in [0.25, 0.3) is 10.8 Å². The molecule has 2 rings (SSSR count). The van der Waals surface area contributed by atoms with Gasteiger partial charge < -0.3 is 10.2 Å². The summed E-state index contributed by atoms with van der Waals surface area (Å²) in [6, 6.07) is 4.07. The highest BCUT2D eigenvalue weighted by Gasteiger charge is 2.09. The highest BCUT2D eigenvalue weighted by atomic mass is 32.1. The molecular weight excluding hydrogens is 198 g/mol. The molecule has 74 valence electrons. The molecule has 0 aliphatic rings. The fraction of sp³-hybridized carbons (Fsp3) is 0.333. The zero-order chi connectivity index (χ0) is 9.97. The van der Waals surface area contributed by atoms with Gasteiger partial charge in [0, 0.05) is 4.88 Å². The standard InChI is InChI=1S/C9H11N3OS/c1-2-6-3-4-7(14-6)9-12-11-8(5-10)13-9/h3-4H,2,5,10H2,1H3. The number of nitrogens with two attached hydrogens (primary N) is 1. The molecule has 0 bridgehead atoms. The van der Waals surface area contributed by atoms with E-state index in [1.165, 1.54) is 4.88 Å². The van der Waals surface area contributed by atoms with Crippen LogP contribution in [0.4, 0.5) is 0 Å². The minimum atomic E-state index is 0.291. The molecule has 0 spiro atoms. The SMILES string of the molecule is CCc1ccc(-c2nnc(CN)o2)s1. The summed E-state index contributed by atoms with van der Waals surface area (Å²) in [4.78, 5) is 2.32. The molecule has 0 aromatic carbocycles. The van der Waals surface area contributed by atoms with Crippen molar-refractivity contribution in [2.75, 3.05) is 0 Å². The van der Waals surface area contributed by atoms with Crippen molar-refractivity contribution in [2.24, 2.45) is 5.73 Å².